The quantitative estimate of drug-likeness (QED) is 0.647. The second-order valence-corrected chi connectivity index (χ2v) is 9.67. The minimum absolute atomic E-state index is 0.144. The fraction of sp³-hybridized carbons (Fsp3) is 0.600. The number of rotatable bonds is 7. The van der Waals surface area contributed by atoms with Crippen molar-refractivity contribution in [1.29, 1.82) is 0 Å². The first-order chi connectivity index (χ1) is 12.8. The van der Waals surface area contributed by atoms with Gasteiger partial charge in [0.1, 0.15) is 12.1 Å². The molecule has 0 unspecified atom stereocenters. The first-order valence-corrected chi connectivity index (χ1v) is 10.5. The predicted octanol–water partition coefficient (Wildman–Crippen LogP) is 1.12. The number of thioether (sulfide) groups is 1. The number of nitrogens with two attached hydrogens (primary N) is 1. The van der Waals surface area contributed by atoms with Crippen LogP contribution in [0.2, 0.25) is 0 Å². The van der Waals surface area contributed by atoms with Gasteiger partial charge >= 0.3 is 0 Å². The number of hydrogen-bond acceptors (Lipinski definition) is 5. The highest BCUT2D eigenvalue weighted by Gasteiger charge is 2.49. The summed E-state index contributed by atoms with van der Waals surface area (Å²) < 4.78 is -0.410. The molecule has 2 amide bonds. The molecule has 148 valence electrons. The van der Waals surface area contributed by atoms with E-state index in [-0.39, 0.29) is 5.91 Å². The average Bonchev–Trinajstić information content (AvgIpc) is 3.41. The molecule has 2 aliphatic rings. The van der Waals surface area contributed by atoms with Crippen LogP contribution in [0.25, 0.3) is 0 Å². The first kappa shape index (κ1) is 20.2. The predicted molar refractivity (Wildman–Crippen MR) is 107 cm³/mol. The summed E-state index contributed by atoms with van der Waals surface area (Å²) in [6.45, 7) is 4.58. The smallest absolute Gasteiger partial charge is 0.254 e. The molecule has 1 aromatic carbocycles. The number of carbonyl (C=O) groups excluding carboxylic acids is 2. The molecule has 1 saturated carbocycles. The summed E-state index contributed by atoms with van der Waals surface area (Å²) in [5.74, 6) is 0.333. The van der Waals surface area contributed by atoms with Gasteiger partial charge in [0.15, 0.2) is 0 Å². The maximum absolute atomic E-state index is 12.9. The molecule has 3 atom stereocenters. The number of aliphatic hydroxyl groups is 1. The van der Waals surface area contributed by atoms with Crippen LogP contribution in [-0.2, 0) is 16.0 Å². The molecule has 1 heterocycles. The molecule has 0 radical (unpaired) electrons. The largest absolute Gasteiger partial charge is 0.382 e. The zero-order valence-corrected chi connectivity index (χ0v) is 16.7. The molecule has 0 aromatic heterocycles. The van der Waals surface area contributed by atoms with Crippen molar-refractivity contribution in [2.24, 2.45) is 11.7 Å². The van der Waals surface area contributed by atoms with E-state index in [4.69, 9.17) is 5.73 Å². The monoisotopic (exact) mass is 391 g/mol. The van der Waals surface area contributed by atoms with Gasteiger partial charge in [0.05, 0.1) is 5.88 Å². The third kappa shape index (κ3) is 4.83. The summed E-state index contributed by atoms with van der Waals surface area (Å²) in [5, 5.41) is 13.5. The molecular formula is C20H29N3O3S. The van der Waals surface area contributed by atoms with E-state index < -0.39 is 28.8 Å². The van der Waals surface area contributed by atoms with Crippen LogP contribution in [0.5, 0.6) is 0 Å². The van der Waals surface area contributed by atoms with Gasteiger partial charge in [-0.3, -0.25) is 9.59 Å². The summed E-state index contributed by atoms with van der Waals surface area (Å²) in [5.41, 5.74) is 7.07. The number of hydrogen-bond donors (Lipinski definition) is 3. The van der Waals surface area contributed by atoms with E-state index in [0.29, 0.717) is 24.8 Å². The van der Waals surface area contributed by atoms with Crippen LogP contribution in [0.15, 0.2) is 30.3 Å². The lowest BCUT2D eigenvalue weighted by atomic mass is 9.97. The Hall–Kier alpha value is -1.57. The van der Waals surface area contributed by atoms with Crippen LogP contribution < -0.4 is 11.1 Å². The number of nitrogens with one attached hydrogen (secondary N) is 1. The molecule has 3 rings (SSSR count). The van der Waals surface area contributed by atoms with Gasteiger partial charge < -0.3 is 21.1 Å². The molecule has 1 aliphatic carbocycles. The summed E-state index contributed by atoms with van der Waals surface area (Å²) in [6, 6.07) is 8.22. The lowest BCUT2D eigenvalue weighted by molar-refractivity contribution is -0.146. The fourth-order valence-electron chi connectivity index (χ4n) is 3.43. The zero-order valence-electron chi connectivity index (χ0n) is 15.9. The van der Waals surface area contributed by atoms with Crippen LogP contribution in [0, 0.1) is 5.92 Å². The number of amides is 2. The van der Waals surface area contributed by atoms with E-state index in [0.717, 1.165) is 18.4 Å². The van der Waals surface area contributed by atoms with Crippen molar-refractivity contribution in [1.82, 2.24) is 10.2 Å². The Labute approximate surface area is 164 Å². The van der Waals surface area contributed by atoms with Crippen molar-refractivity contribution in [3.63, 3.8) is 0 Å². The first-order valence-electron chi connectivity index (χ1n) is 9.49. The summed E-state index contributed by atoms with van der Waals surface area (Å²) in [7, 11) is 0. The van der Waals surface area contributed by atoms with Crippen LogP contribution in [0.4, 0.5) is 0 Å². The van der Waals surface area contributed by atoms with E-state index in [2.05, 4.69) is 5.32 Å². The van der Waals surface area contributed by atoms with E-state index >= 15 is 0 Å². The second kappa shape index (κ2) is 8.20. The summed E-state index contributed by atoms with van der Waals surface area (Å²) in [4.78, 5) is 27.2. The molecule has 7 heteroatoms. The standard InChI is InChI=1S/C20H29N3O3S/c1-20(2)17(18(25)22-11-14-8-9-14)23(12-27-20)19(26)16(24)15(21)10-13-6-4-3-5-7-13/h3-7,14-17,24H,8-12,21H2,1-2H3,(H,22,25)/t15-,16-,17+/m0/s1. The third-order valence-electron chi connectivity index (χ3n) is 5.31. The Balaban J connectivity index is 1.66. The lowest BCUT2D eigenvalue weighted by Gasteiger charge is -2.32. The van der Waals surface area contributed by atoms with Gasteiger partial charge in [-0.05, 0) is 44.6 Å². The van der Waals surface area contributed by atoms with Crippen molar-refractivity contribution in [3.05, 3.63) is 35.9 Å². The normalized spacial score (nSPS) is 23.7. The Bertz CT molecular complexity index is 678. The third-order valence-corrected chi connectivity index (χ3v) is 6.69. The zero-order chi connectivity index (χ0) is 19.6. The molecule has 0 spiro atoms. The molecule has 1 aliphatic heterocycles. The maximum atomic E-state index is 12.9. The van der Waals surface area contributed by atoms with Crippen molar-refractivity contribution in [2.45, 2.75) is 56.0 Å². The van der Waals surface area contributed by atoms with Gasteiger partial charge in [-0.15, -0.1) is 11.8 Å². The van der Waals surface area contributed by atoms with Crippen LogP contribution >= 0.6 is 11.8 Å². The Morgan fingerprint density at radius 2 is 2.00 bits per heavy atom. The molecule has 6 nitrogen and oxygen atoms in total. The van der Waals surface area contributed by atoms with Crippen molar-refractivity contribution in [3.8, 4) is 0 Å². The van der Waals surface area contributed by atoms with E-state index in [1.165, 1.54) is 4.90 Å². The number of nitrogens with zero attached hydrogens (tertiary/aromatic N) is 1. The molecule has 4 N–H and O–H groups in total. The lowest BCUT2D eigenvalue weighted by Crippen LogP contribution is -2.57. The van der Waals surface area contributed by atoms with Crippen LogP contribution in [0.3, 0.4) is 0 Å². The second-order valence-electron chi connectivity index (χ2n) is 8.07. The Kier molecular flexibility index (Phi) is 6.13. The minimum Gasteiger partial charge on any atom is -0.382 e. The molecule has 1 aromatic rings. The average molecular weight is 392 g/mol. The topological polar surface area (TPSA) is 95.7 Å². The van der Waals surface area contributed by atoms with Crippen molar-refractivity contribution >= 4 is 23.6 Å². The number of benzene rings is 1. The highest BCUT2D eigenvalue weighted by Crippen LogP contribution is 2.40. The highest BCUT2D eigenvalue weighted by atomic mass is 32.2. The summed E-state index contributed by atoms with van der Waals surface area (Å²) >= 11 is 1.55. The maximum Gasteiger partial charge on any atom is 0.254 e. The number of aliphatic hydroxyl groups excluding tert-OH is 1. The van der Waals surface area contributed by atoms with E-state index in [1.54, 1.807) is 11.8 Å². The van der Waals surface area contributed by atoms with Crippen LogP contribution in [-0.4, -0.2) is 57.2 Å². The molecular weight excluding hydrogens is 362 g/mol. The SMILES string of the molecule is CC1(C)SCN(C(=O)[C@@H](O)[C@@H](N)Cc2ccccc2)[C@@H]1C(=O)NCC1CC1. The Morgan fingerprint density at radius 1 is 1.33 bits per heavy atom. The molecule has 0 bridgehead atoms. The van der Waals surface area contributed by atoms with Gasteiger partial charge in [-0.2, -0.15) is 0 Å². The van der Waals surface area contributed by atoms with Gasteiger partial charge in [0.25, 0.3) is 5.91 Å². The summed E-state index contributed by atoms with van der Waals surface area (Å²) in [6.07, 6.45) is 1.37. The van der Waals surface area contributed by atoms with E-state index in [9.17, 15) is 14.7 Å². The van der Waals surface area contributed by atoms with Gasteiger partial charge in [0, 0.05) is 17.3 Å². The van der Waals surface area contributed by atoms with Crippen LogP contribution in [0.1, 0.15) is 32.3 Å². The molecule has 2 fully saturated rings. The molecule has 1 saturated heterocycles. The number of carbonyl (C=O) groups is 2. The fourth-order valence-corrected chi connectivity index (χ4v) is 4.57. The molecule has 27 heavy (non-hydrogen) atoms. The Morgan fingerprint density at radius 3 is 2.63 bits per heavy atom. The minimum atomic E-state index is -1.33. The highest BCUT2D eigenvalue weighted by molar-refractivity contribution is 8.00. The van der Waals surface area contributed by atoms with E-state index in [1.807, 2.05) is 44.2 Å². The van der Waals surface area contributed by atoms with Crippen molar-refractivity contribution < 1.29 is 14.7 Å². The van der Waals surface area contributed by atoms with Gasteiger partial charge in [-0.1, -0.05) is 30.3 Å². The van der Waals surface area contributed by atoms with Crippen molar-refractivity contribution in [2.75, 3.05) is 12.4 Å². The van der Waals surface area contributed by atoms with Gasteiger partial charge in [0.2, 0.25) is 5.91 Å². The van der Waals surface area contributed by atoms with Gasteiger partial charge in [-0.25, -0.2) is 0 Å².